The molecule has 0 atom stereocenters. The summed E-state index contributed by atoms with van der Waals surface area (Å²) in [5, 5.41) is 0. The summed E-state index contributed by atoms with van der Waals surface area (Å²) in [7, 11) is 0. The van der Waals surface area contributed by atoms with Gasteiger partial charge in [0.05, 0.1) is 12.2 Å². The lowest BCUT2D eigenvalue weighted by molar-refractivity contribution is -0.875. The molecule has 1 aromatic carbocycles. The van der Waals surface area contributed by atoms with E-state index in [0.29, 0.717) is 12.2 Å². The number of para-hydroxylation sites is 1. The molecule has 4 heteroatoms. The Balaban J connectivity index is 1.71. The number of ether oxygens (including phenoxy) is 1. The Kier molecular flexibility index (Phi) is 7.81. The molecule has 0 N–H and O–H groups in total. The van der Waals surface area contributed by atoms with Crippen LogP contribution in [-0.4, -0.2) is 12.6 Å². The molecule has 128 valence electrons. The lowest BCUT2D eigenvalue weighted by atomic mass is 10.1. The van der Waals surface area contributed by atoms with E-state index in [1.165, 1.54) is 25.7 Å². The van der Waals surface area contributed by atoms with E-state index in [4.69, 9.17) is 9.57 Å². The molecule has 0 aliphatic heterocycles. The van der Waals surface area contributed by atoms with Crippen molar-refractivity contribution in [3.05, 3.63) is 60.4 Å². The number of unbranched alkanes of at least 4 members (excludes halogenated alkanes) is 5. The number of hydrogen-bond acceptors (Lipinski definition) is 3. The van der Waals surface area contributed by atoms with Crippen LogP contribution in [-0.2, 0) is 4.74 Å². The van der Waals surface area contributed by atoms with E-state index >= 15 is 0 Å². The third-order valence-corrected chi connectivity index (χ3v) is 3.72. The zero-order valence-corrected chi connectivity index (χ0v) is 14.3. The third-order valence-electron chi connectivity index (χ3n) is 3.72. The SMILES string of the molecule is CCCCCCCCOC(=O)c1cc[n+](Oc2ccccc2)cc1. The molecule has 0 amide bonds. The van der Waals surface area contributed by atoms with Gasteiger partial charge in [0, 0.05) is 16.9 Å². The molecule has 4 nitrogen and oxygen atoms in total. The van der Waals surface area contributed by atoms with Gasteiger partial charge in [0.15, 0.2) is 0 Å². The second-order valence-electron chi connectivity index (χ2n) is 5.75. The number of rotatable bonds is 10. The van der Waals surface area contributed by atoms with Crippen LogP contribution in [0.2, 0.25) is 0 Å². The van der Waals surface area contributed by atoms with Crippen LogP contribution in [0.25, 0.3) is 0 Å². The molecule has 0 spiro atoms. The lowest BCUT2D eigenvalue weighted by Gasteiger charge is -2.04. The molecule has 1 heterocycles. The fourth-order valence-corrected chi connectivity index (χ4v) is 2.34. The zero-order chi connectivity index (χ0) is 17.0. The first-order valence-corrected chi connectivity index (χ1v) is 8.71. The molecule has 24 heavy (non-hydrogen) atoms. The number of carbonyl (C=O) groups is 1. The van der Waals surface area contributed by atoms with Gasteiger partial charge in [0.2, 0.25) is 18.1 Å². The van der Waals surface area contributed by atoms with Gasteiger partial charge in [0.25, 0.3) is 0 Å². The minimum absolute atomic E-state index is 0.282. The molecule has 0 saturated heterocycles. The van der Waals surface area contributed by atoms with Gasteiger partial charge in [0.1, 0.15) is 0 Å². The summed E-state index contributed by atoms with van der Waals surface area (Å²) < 4.78 is 6.86. The first kappa shape index (κ1) is 18.0. The first-order chi connectivity index (χ1) is 11.8. The van der Waals surface area contributed by atoms with Crippen LogP contribution in [0.1, 0.15) is 55.8 Å². The van der Waals surface area contributed by atoms with Gasteiger partial charge in [-0.15, -0.1) is 0 Å². The van der Waals surface area contributed by atoms with Gasteiger partial charge < -0.3 is 4.74 Å². The number of hydrogen-bond donors (Lipinski definition) is 0. The van der Waals surface area contributed by atoms with Crippen LogP contribution in [0.15, 0.2) is 54.9 Å². The first-order valence-electron chi connectivity index (χ1n) is 8.71. The summed E-state index contributed by atoms with van der Waals surface area (Å²) >= 11 is 0. The number of benzene rings is 1. The van der Waals surface area contributed by atoms with Gasteiger partial charge in [-0.2, -0.15) is 0 Å². The van der Waals surface area contributed by atoms with Crippen LogP contribution >= 0.6 is 0 Å². The highest BCUT2D eigenvalue weighted by Gasteiger charge is 2.11. The summed E-state index contributed by atoms with van der Waals surface area (Å²) in [5.74, 6) is 0.455. The van der Waals surface area contributed by atoms with Crippen LogP contribution < -0.4 is 9.57 Å². The Morgan fingerprint density at radius 3 is 2.29 bits per heavy atom. The minimum atomic E-state index is -0.282. The lowest BCUT2D eigenvalue weighted by Crippen LogP contribution is -2.38. The maximum absolute atomic E-state index is 12.0. The largest absolute Gasteiger partial charge is 0.462 e. The Bertz CT molecular complexity index is 596. The molecule has 2 aromatic rings. The van der Waals surface area contributed by atoms with Crippen molar-refractivity contribution >= 4 is 5.97 Å². The fraction of sp³-hybridized carbons (Fsp3) is 0.400. The second-order valence-corrected chi connectivity index (χ2v) is 5.75. The van der Waals surface area contributed by atoms with E-state index in [1.807, 2.05) is 30.3 Å². The van der Waals surface area contributed by atoms with Crippen molar-refractivity contribution in [2.45, 2.75) is 45.4 Å². The molecular weight excluding hydrogens is 302 g/mol. The second kappa shape index (κ2) is 10.4. The Morgan fingerprint density at radius 2 is 1.58 bits per heavy atom. The molecule has 1 aromatic heterocycles. The number of aromatic nitrogens is 1. The van der Waals surface area contributed by atoms with Gasteiger partial charge in [-0.05, 0) is 18.6 Å². The van der Waals surface area contributed by atoms with Gasteiger partial charge in [-0.1, -0.05) is 57.2 Å². The quantitative estimate of drug-likeness (QED) is 0.370. The van der Waals surface area contributed by atoms with Gasteiger partial charge in [-0.25, -0.2) is 9.63 Å². The Hall–Kier alpha value is -2.36. The predicted octanol–water partition coefficient (Wildman–Crippen LogP) is 4.33. The van der Waals surface area contributed by atoms with E-state index in [9.17, 15) is 4.79 Å². The average molecular weight is 328 g/mol. The van der Waals surface area contributed by atoms with Crippen molar-refractivity contribution in [3.8, 4) is 5.75 Å². The van der Waals surface area contributed by atoms with Crippen molar-refractivity contribution in [3.63, 3.8) is 0 Å². The van der Waals surface area contributed by atoms with Crippen LogP contribution in [0, 0.1) is 0 Å². The van der Waals surface area contributed by atoms with Crippen molar-refractivity contribution in [1.29, 1.82) is 0 Å². The molecule has 0 aliphatic carbocycles. The molecule has 0 unspecified atom stereocenters. The van der Waals surface area contributed by atoms with Crippen molar-refractivity contribution in [2.24, 2.45) is 0 Å². The molecule has 0 aliphatic rings. The van der Waals surface area contributed by atoms with E-state index in [-0.39, 0.29) is 5.97 Å². The maximum atomic E-state index is 12.0. The number of nitrogens with zero attached hydrogens (tertiary/aromatic N) is 1. The molecule has 0 radical (unpaired) electrons. The molecular formula is C20H26NO3+. The number of esters is 1. The number of carbonyl (C=O) groups excluding carboxylic acids is 1. The molecule has 0 bridgehead atoms. The van der Waals surface area contributed by atoms with E-state index in [0.717, 1.165) is 18.6 Å². The highest BCUT2D eigenvalue weighted by atomic mass is 16.7. The maximum Gasteiger partial charge on any atom is 0.338 e. The fourth-order valence-electron chi connectivity index (χ4n) is 2.34. The predicted molar refractivity (Wildman–Crippen MR) is 92.8 cm³/mol. The van der Waals surface area contributed by atoms with Gasteiger partial charge in [-0.3, -0.25) is 0 Å². The normalized spacial score (nSPS) is 10.4. The van der Waals surface area contributed by atoms with E-state index in [2.05, 4.69) is 6.92 Å². The third kappa shape index (κ3) is 6.41. The van der Waals surface area contributed by atoms with Crippen LogP contribution in [0.4, 0.5) is 0 Å². The smallest absolute Gasteiger partial charge is 0.338 e. The summed E-state index contributed by atoms with van der Waals surface area (Å²) in [6.07, 6.45) is 10.5. The number of pyridine rings is 1. The molecule has 2 rings (SSSR count). The molecule has 0 saturated carbocycles. The zero-order valence-electron chi connectivity index (χ0n) is 14.3. The monoisotopic (exact) mass is 328 g/mol. The van der Waals surface area contributed by atoms with Crippen molar-refractivity contribution < 1.29 is 19.1 Å². The summed E-state index contributed by atoms with van der Waals surface area (Å²) in [5.41, 5.74) is 0.536. The summed E-state index contributed by atoms with van der Waals surface area (Å²) in [6, 6.07) is 12.9. The van der Waals surface area contributed by atoms with Crippen LogP contribution in [0.5, 0.6) is 5.75 Å². The highest BCUT2D eigenvalue weighted by Crippen LogP contribution is 2.08. The van der Waals surface area contributed by atoms with Crippen molar-refractivity contribution in [2.75, 3.05) is 6.61 Å². The average Bonchev–Trinajstić information content (AvgIpc) is 2.62. The topological polar surface area (TPSA) is 39.4 Å². The highest BCUT2D eigenvalue weighted by molar-refractivity contribution is 5.88. The Labute approximate surface area is 144 Å². The van der Waals surface area contributed by atoms with Crippen molar-refractivity contribution in [1.82, 2.24) is 0 Å². The van der Waals surface area contributed by atoms with E-state index < -0.39 is 0 Å². The van der Waals surface area contributed by atoms with Crippen LogP contribution in [0.3, 0.4) is 0 Å². The standard InChI is InChI=1S/C20H26NO3/c1-2-3-4-5-6-10-17-23-20(22)18-13-15-21(16-14-18)24-19-11-8-7-9-12-19/h7-9,11-16H,2-6,10,17H2,1H3/q+1. The summed E-state index contributed by atoms with van der Waals surface area (Å²) in [6.45, 7) is 2.69. The summed E-state index contributed by atoms with van der Waals surface area (Å²) in [4.78, 5) is 17.6. The minimum Gasteiger partial charge on any atom is -0.462 e. The van der Waals surface area contributed by atoms with E-state index in [1.54, 1.807) is 29.3 Å². The molecule has 0 fully saturated rings. The van der Waals surface area contributed by atoms with Gasteiger partial charge >= 0.3 is 5.97 Å². The Morgan fingerprint density at radius 1 is 0.917 bits per heavy atom.